The van der Waals surface area contributed by atoms with Gasteiger partial charge in [-0.3, -0.25) is 4.68 Å². The van der Waals surface area contributed by atoms with Gasteiger partial charge in [-0.15, -0.1) is 0 Å². The molecule has 0 amide bonds. The molecule has 3 heterocycles. The Kier molecular flexibility index (Phi) is 5.34. The van der Waals surface area contributed by atoms with E-state index in [1.54, 1.807) is 0 Å². The first-order chi connectivity index (χ1) is 14.1. The van der Waals surface area contributed by atoms with Crippen LogP contribution in [0.15, 0.2) is 48.8 Å². The van der Waals surface area contributed by atoms with E-state index < -0.39 is 0 Å². The molecule has 6 heteroatoms. The lowest BCUT2D eigenvalue weighted by atomic mass is 10.2. The maximum absolute atomic E-state index is 5.00. The summed E-state index contributed by atoms with van der Waals surface area (Å²) in [5.74, 6) is 1.93. The van der Waals surface area contributed by atoms with Gasteiger partial charge >= 0.3 is 0 Å². The zero-order valence-electron chi connectivity index (χ0n) is 17.6. The van der Waals surface area contributed by atoms with E-state index in [1.807, 2.05) is 17.1 Å². The zero-order valence-corrected chi connectivity index (χ0v) is 17.6. The molecule has 3 aromatic heterocycles. The first-order valence-electron chi connectivity index (χ1n) is 10.3. The Labute approximate surface area is 171 Å². The highest BCUT2D eigenvalue weighted by atomic mass is 15.3. The Morgan fingerprint density at radius 2 is 1.83 bits per heavy atom. The highest BCUT2D eigenvalue weighted by molar-refractivity contribution is 5.83. The number of benzene rings is 1. The summed E-state index contributed by atoms with van der Waals surface area (Å²) < 4.78 is 4.21. The second kappa shape index (κ2) is 8.07. The third-order valence-electron chi connectivity index (χ3n) is 5.41. The molecule has 0 aliphatic rings. The lowest BCUT2D eigenvalue weighted by Crippen LogP contribution is -2.22. The highest BCUT2D eigenvalue weighted by Crippen LogP contribution is 2.28. The van der Waals surface area contributed by atoms with Crippen LogP contribution in [0, 0.1) is 6.92 Å². The number of aryl methyl sites for hydroxylation is 2. The molecule has 4 rings (SSSR count). The SMILES string of the molecule is CCN(CC)c1ccc(-c2nc3c(C)cccc3n2Cc2ccn(CC)n2)cn1. The summed E-state index contributed by atoms with van der Waals surface area (Å²) in [6, 6.07) is 12.6. The van der Waals surface area contributed by atoms with Gasteiger partial charge in [-0.25, -0.2) is 9.97 Å². The molecule has 0 aliphatic heterocycles. The summed E-state index contributed by atoms with van der Waals surface area (Å²) in [5, 5.41) is 4.67. The number of fused-ring (bicyclic) bond motifs is 1. The van der Waals surface area contributed by atoms with Crippen LogP contribution in [0.4, 0.5) is 5.82 Å². The van der Waals surface area contributed by atoms with Crippen molar-refractivity contribution in [3.8, 4) is 11.4 Å². The molecule has 0 fully saturated rings. The van der Waals surface area contributed by atoms with E-state index in [-0.39, 0.29) is 0 Å². The van der Waals surface area contributed by atoms with Crippen molar-refractivity contribution in [3.05, 3.63) is 60.0 Å². The molecule has 0 aliphatic carbocycles. The number of imidazole rings is 1. The van der Waals surface area contributed by atoms with Crippen LogP contribution in [0.3, 0.4) is 0 Å². The summed E-state index contributed by atoms with van der Waals surface area (Å²) >= 11 is 0. The number of pyridine rings is 1. The number of anilines is 1. The monoisotopic (exact) mass is 388 g/mol. The molecule has 0 saturated carbocycles. The van der Waals surface area contributed by atoms with Gasteiger partial charge in [0.05, 0.1) is 23.3 Å². The van der Waals surface area contributed by atoms with Crippen LogP contribution in [0.1, 0.15) is 32.0 Å². The number of para-hydroxylation sites is 1. The van der Waals surface area contributed by atoms with Crippen LogP contribution in [-0.2, 0) is 13.1 Å². The molecule has 0 bridgehead atoms. The summed E-state index contributed by atoms with van der Waals surface area (Å²) in [6.45, 7) is 11.9. The average molecular weight is 389 g/mol. The van der Waals surface area contributed by atoms with Crippen LogP contribution >= 0.6 is 0 Å². The van der Waals surface area contributed by atoms with Crippen molar-refractivity contribution in [1.82, 2.24) is 24.3 Å². The van der Waals surface area contributed by atoms with Crippen molar-refractivity contribution in [2.75, 3.05) is 18.0 Å². The molecule has 0 radical (unpaired) electrons. The Balaban J connectivity index is 1.79. The molecule has 0 unspecified atom stereocenters. The maximum Gasteiger partial charge on any atom is 0.143 e. The predicted octanol–water partition coefficient (Wildman–Crippen LogP) is 4.52. The van der Waals surface area contributed by atoms with Crippen molar-refractivity contribution >= 4 is 16.9 Å². The summed E-state index contributed by atoms with van der Waals surface area (Å²) in [7, 11) is 0. The van der Waals surface area contributed by atoms with E-state index >= 15 is 0 Å². The zero-order chi connectivity index (χ0) is 20.4. The average Bonchev–Trinajstić information content (AvgIpc) is 3.35. The quantitative estimate of drug-likeness (QED) is 0.467. The second-order valence-electron chi connectivity index (χ2n) is 7.20. The van der Waals surface area contributed by atoms with E-state index in [2.05, 4.69) is 78.7 Å². The highest BCUT2D eigenvalue weighted by Gasteiger charge is 2.16. The number of aromatic nitrogens is 5. The molecule has 0 saturated heterocycles. The number of hydrogen-bond donors (Lipinski definition) is 0. The number of rotatable bonds is 7. The molecule has 29 heavy (non-hydrogen) atoms. The number of nitrogens with zero attached hydrogens (tertiary/aromatic N) is 6. The van der Waals surface area contributed by atoms with Gasteiger partial charge in [0.15, 0.2) is 0 Å². The Morgan fingerprint density at radius 1 is 1.00 bits per heavy atom. The van der Waals surface area contributed by atoms with Crippen LogP contribution in [0.5, 0.6) is 0 Å². The van der Waals surface area contributed by atoms with Gasteiger partial charge in [-0.1, -0.05) is 12.1 Å². The molecule has 4 aromatic rings. The fraction of sp³-hybridized carbons (Fsp3) is 0.348. The normalized spacial score (nSPS) is 11.3. The summed E-state index contributed by atoms with van der Waals surface area (Å²) in [5.41, 5.74) is 5.38. The molecule has 0 N–H and O–H groups in total. The first-order valence-corrected chi connectivity index (χ1v) is 10.3. The fourth-order valence-corrected chi connectivity index (χ4v) is 3.75. The smallest absolute Gasteiger partial charge is 0.143 e. The van der Waals surface area contributed by atoms with Gasteiger partial charge in [-0.05, 0) is 57.5 Å². The lowest BCUT2D eigenvalue weighted by Gasteiger charge is -2.19. The Morgan fingerprint density at radius 3 is 2.48 bits per heavy atom. The largest absolute Gasteiger partial charge is 0.357 e. The molecular formula is C23H28N6. The number of hydrogen-bond acceptors (Lipinski definition) is 4. The molecule has 6 nitrogen and oxygen atoms in total. The standard InChI is InChI=1S/C23H28N6/c1-5-27(6-2)21-12-11-18(15-24-21)23-25-22-17(4)9-8-10-20(22)29(23)16-19-13-14-28(7-3)26-19/h8-15H,5-7,16H2,1-4H3. The van der Waals surface area contributed by atoms with Crippen LogP contribution in [-0.4, -0.2) is 37.4 Å². The Bertz CT molecular complexity index is 1100. The van der Waals surface area contributed by atoms with Crippen molar-refractivity contribution in [3.63, 3.8) is 0 Å². The molecule has 150 valence electrons. The van der Waals surface area contributed by atoms with Crippen molar-refractivity contribution in [2.45, 2.75) is 40.8 Å². The third-order valence-corrected chi connectivity index (χ3v) is 5.41. The lowest BCUT2D eigenvalue weighted by molar-refractivity contribution is 0.639. The van der Waals surface area contributed by atoms with Gasteiger partial charge in [0.1, 0.15) is 11.6 Å². The van der Waals surface area contributed by atoms with Gasteiger partial charge in [0, 0.05) is 37.6 Å². The van der Waals surface area contributed by atoms with E-state index in [1.165, 1.54) is 5.56 Å². The van der Waals surface area contributed by atoms with Crippen LogP contribution in [0.2, 0.25) is 0 Å². The van der Waals surface area contributed by atoms with Crippen LogP contribution < -0.4 is 4.90 Å². The molecule has 1 aromatic carbocycles. The second-order valence-corrected chi connectivity index (χ2v) is 7.20. The van der Waals surface area contributed by atoms with E-state index in [0.717, 1.165) is 53.6 Å². The predicted molar refractivity (Wildman–Crippen MR) is 118 cm³/mol. The van der Waals surface area contributed by atoms with E-state index in [4.69, 9.17) is 9.97 Å². The maximum atomic E-state index is 5.00. The molecule has 0 atom stereocenters. The van der Waals surface area contributed by atoms with Gasteiger partial charge in [0.25, 0.3) is 0 Å². The summed E-state index contributed by atoms with van der Waals surface area (Å²) in [4.78, 5) is 11.9. The molecular weight excluding hydrogens is 360 g/mol. The van der Waals surface area contributed by atoms with Gasteiger partial charge < -0.3 is 9.47 Å². The minimum absolute atomic E-state index is 0.681. The van der Waals surface area contributed by atoms with E-state index in [0.29, 0.717) is 6.54 Å². The minimum Gasteiger partial charge on any atom is -0.357 e. The third kappa shape index (κ3) is 3.62. The molecule has 0 spiro atoms. The van der Waals surface area contributed by atoms with Crippen LogP contribution in [0.25, 0.3) is 22.4 Å². The van der Waals surface area contributed by atoms with E-state index in [9.17, 15) is 0 Å². The fourth-order valence-electron chi connectivity index (χ4n) is 3.75. The summed E-state index contributed by atoms with van der Waals surface area (Å²) in [6.07, 6.45) is 3.96. The van der Waals surface area contributed by atoms with Crippen molar-refractivity contribution < 1.29 is 0 Å². The van der Waals surface area contributed by atoms with Gasteiger partial charge in [0.2, 0.25) is 0 Å². The first kappa shape index (κ1) is 19.2. The minimum atomic E-state index is 0.681. The van der Waals surface area contributed by atoms with Crippen molar-refractivity contribution in [1.29, 1.82) is 0 Å². The van der Waals surface area contributed by atoms with Gasteiger partial charge in [-0.2, -0.15) is 5.10 Å². The topological polar surface area (TPSA) is 51.8 Å². The van der Waals surface area contributed by atoms with Crippen molar-refractivity contribution in [2.24, 2.45) is 0 Å². The Hall–Kier alpha value is -3.15.